The van der Waals surface area contributed by atoms with E-state index >= 15 is 0 Å². The van der Waals surface area contributed by atoms with Gasteiger partial charge in [-0.15, -0.1) is 0 Å². The Morgan fingerprint density at radius 2 is 1.58 bits per heavy atom. The summed E-state index contributed by atoms with van der Waals surface area (Å²) in [6, 6.07) is 3.73. The van der Waals surface area contributed by atoms with E-state index in [-0.39, 0.29) is 11.5 Å². The average molecular weight is 268 g/mol. The van der Waals surface area contributed by atoms with E-state index in [0.717, 1.165) is 5.56 Å². The third-order valence-electron chi connectivity index (χ3n) is 3.08. The van der Waals surface area contributed by atoms with E-state index in [9.17, 15) is 0 Å². The normalized spacial score (nSPS) is 13.0. The zero-order valence-corrected chi connectivity index (χ0v) is 12.5. The number of hydrogen-bond acceptors (Lipinski definition) is 5. The molecule has 19 heavy (non-hydrogen) atoms. The molecule has 5 nitrogen and oxygen atoms in total. The molecular formula is C14H24N2O3. The summed E-state index contributed by atoms with van der Waals surface area (Å²) in [7, 11) is 4.79. The molecule has 0 bridgehead atoms. The van der Waals surface area contributed by atoms with E-state index < -0.39 is 0 Å². The minimum atomic E-state index is -0.0678. The van der Waals surface area contributed by atoms with E-state index in [1.165, 1.54) is 0 Å². The molecule has 0 aliphatic rings. The van der Waals surface area contributed by atoms with Gasteiger partial charge in [0.2, 0.25) is 5.75 Å². The van der Waals surface area contributed by atoms with E-state index in [1.54, 1.807) is 21.3 Å². The third-order valence-corrected chi connectivity index (χ3v) is 3.08. The van der Waals surface area contributed by atoms with Crippen molar-refractivity contribution >= 4 is 0 Å². The first kappa shape index (κ1) is 15.6. The third kappa shape index (κ3) is 3.11. The monoisotopic (exact) mass is 268 g/mol. The topological polar surface area (TPSA) is 65.7 Å². The van der Waals surface area contributed by atoms with Crippen LogP contribution in [0.15, 0.2) is 12.1 Å². The lowest BCUT2D eigenvalue weighted by Crippen LogP contribution is -2.37. The van der Waals surface area contributed by atoms with Crippen molar-refractivity contribution < 1.29 is 14.2 Å². The molecule has 0 amide bonds. The highest BCUT2D eigenvalue weighted by Gasteiger charge is 2.30. The maximum atomic E-state index is 5.70. The van der Waals surface area contributed by atoms with Gasteiger partial charge in [0.25, 0.3) is 0 Å². The Kier molecular flexibility index (Phi) is 5.03. The molecule has 0 aromatic heterocycles. The molecule has 1 atom stereocenters. The zero-order chi connectivity index (χ0) is 14.6. The van der Waals surface area contributed by atoms with E-state index in [1.807, 2.05) is 12.1 Å². The summed E-state index contributed by atoms with van der Waals surface area (Å²) in [5.41, 5.74) is 3.72. The Hall–Kier alpha value is -1.46. The lowest BCUT2D eigenvalue weighted by atomic mass is 9.82. The van der Waals surface area contributed by atoms with Gasteiger partial charge in [-0.3, -0.25) is 11.3 Å². The number of rotatable bonds is 5. The second kappa shape index (κ2) is 6.12. The largest absolute Gasteiger partial charge is 0.493 e. The van der Waals surface area contributed by atoms with Crippen molar-refractivity contribution in [1.82, 2.24) is 5.43 Å². The fourth-order valence-corrected chi connectivity index (χ4v) is 2.16. The minimum Gasteiger partial charge on any atom is -0.493 e. The van der Waals surface area contributed by atoms with Gasteiger partial charge >= 0.3 is 0 Å². The predicted molar refractivity (Wildman–Crippen MR) is 75.6 cm³/mol. The Morgan fingerprint density at radius 1 is 1.00 bits per heavy atom. The van der Waals surface area contributed by atoms with E-state index in [4.69, 9.17) is 20.1 Å². The summed E-state index contributed by atoms with van der Waals surface area (Å²) in [5.74, 6) is 7.55. The molecule has 0 aliphatic heterocycles. The Bertz CT molecular complexity index is 427. The molecule has 108 valence electrons. The summed E-state index contributed by atoms with van der Waals surface area (Å²) >= 11 is 0. The molecule has 5 heteroatoms. The summed E-state index contributed by atoms with van der Waals surface area (Å²) in [6.45, 7) is 6.31. The SMILES string of the molecule is COc1ccc(C(NN)C(C)(C)C)c(OC)c1OC. The summed E-state index contributed by atoms with van der Waals surface area (Å²) in [4.78, 5) is 0. The molecule has 0 heterocycles. The maximum absolute atomic E-state index is 5.70. The lowest BCUT2D eigenvalue weighted by molar-refractivity contribution is 0.261. The molecule has 1 unspecified atom stereocenters. The first-order valence-electron chi connectivity index (χ1n) is 6.15. The number of methoxy groups -OCH3 is 3. The first-order chi connectivity index (χ1) is 8.90. The summed E-state index contributed by atoms with van der Waals surface area (Å²) in [6.07, 6.45) is 0. The van der Waals surface area contributed by atoms with Gasteiger partial charge in [-0.1, -0.05) is 20.8 Å². The molecule has 1 aromatic rings. The van der Waals surface area contributed by atoms with E-state index in [0.29, 0.717) is 17.2 Å². The fourth-order valence-electron chi connectivity index (χ4n) is 2.16. The number of nitrogens with two attached hydrogens (primary N) is 1. The minimum absolute atomic E-state index is 0.0674. The number of hydrazine groups is 1. The van der Waals surface area contributed by atoms with Crippen molar-refractivity contribution in [1.29, 1.82) is 0 Å². The van der Waals surface area contributed by atoms with Crippen LogP contribution in [0.25, 0.3) is 0 Å². The van der Waals surface area contributed by atoms with Crippen molar-refractivity contribution in [3.63, 3.8) is 0 Å². The van der Waals surface area contributed by atoms with Gasteiger partial charge in [-0.2, -0.15) is 0 Å². The lowest BCUT2D eigenvalue weighted by Gasteiger charge is -2.32. The summed E-state index contributed by atoms with van der Waals surface area (Å²) in [5, 5.41) is 0. The molecule has 1 aromatic carbocycles. The van der Waals surface area contributed by atoms with Crippen LogP contribution in [0.1, 0.15) is 32.4 Å². The smallest absolute Gasteiger partial charge is 0.203 e. The van der Waals surface area contributed by atoms with Crippen LogP contribution in [-0.4, -0.2) is 21.3 Å². The molecular weight excluding hydrogens is 244 g/mol. The van der Waals surface area contributed by atoms with Crippen LogP contribution in [0.3, 0.4) is 0 Å². The predicted octanol–water partition coefficient (Wildman–Crippen LogP) is 2.26. The van der Waals surface area contributed by atoms with Gasteiger partial charge in [-0.25, -0.2) is 0 Å². The molecule has 0 fully saturated rings. The van der Waals surface area contributed by atoms with Crippen molar-refractivity contribution in [2.45, 2.75) is 26.8 Å². The van der Waals surface area contributed by atoms with Gasteiger partial charge in [-0.05, 0) is 17.5 Å². The van der Waals surface area contributed by atoms with Gasteiger partial charge in [0.15, 0.2) is 11.5 Å². The molecule has 0 saturated carbocycles. The Balaban J connectivity index is 3.43. The van der Waals surface area contributed by atoms with Crippen molar-refractivity contribution in [3.05, 3.63) is 17.7 Å². The van der Waals surface area contributed by atoms with Crippen LogP contribution in [0, 0.1) is 5.41 Å². The highest BCUT2D eigenvalue weighted by Crippen LogP contribution is 2.45. The molecule has 0 radical (unpaired) electrons. The van der Waals surface area contributed by atoms with Crippen LogP contribution in [0.2, 0.25) is 0 Å². The van der Waals surface area contributed by atoms with Crippen LogP contribution in [-0.2, 0) is 0 Å². The van der Waals surface area contributed by atoms with Gasteiger partial charge < -0.3 is 14.2 Å². The Labute approximate surface area is 115 Å². The summed E-state index contributed by atoms with van der Waals surface area (Å²) < 4.78 is 16.2. The van der Waals surface area contributed by atoms with Crippen LogP contribution < -0.4 is 25.5 Å². The second-order valence-electron chi connectivity index (χ2n) is 5.39. The molecule has 1 rings (SSSR count). The fraction of sp³-hybridized carbons (Fsp3) is 0.571. The average Bonchev–Trinajstić information content (AvgIpc) is 2.36. The highest BCUT2D eigenvalue weighted by molar-refractivity contribution is 5.57. The number of ether oxygens (including phenoxy) is 3. The van der Waals surface area contributed by atoms with Gasteiger partial charge in [0, 0.05) is 5.56 Å². The van der Waals surface area contributed by atoms with Crippen LogP contribution in [0.4, 0.5) is 0 Å². The standard InChI is InChI=1S/C14H24N2O3/c1-14(2,3)13(16-15)9-7-8-10(17-4)12(19-6)11(9)18-5/h7-8,13,16H,15H2,1-6H3. The van der Waals surface area contributed by atoms with Gasteiger partial charge in [0.1, 0.15) is 0 Å². The van der Waals surface area contributed by atoms with Crippen LogP contribution >= 0.6 is 0 Å². The number of nitrogens with one attached hydrogen (secondary N) is 1. The quantitative estimate of drug-likeness (QED) is 0.633. The zero-order valence-electron chi connectivity index (χ0n) is 12.5. The highest BCUT2D eigenvalue weighted by atomic mass is 16.5. The first-order valence-corrected chi connectivity index (χ1v) is 6.15. The van der Waals surface area contributed by atoms with Crippen molar-refractivity contribution in [2.24, 2.45) is 11.3 Å². The maximum Gasteiger partial charge on any atom is 0.203 e. The van der Waals surface area contributed by atoms with Crippen LogP contribution in [0.5, 0.6) is 17.2 Å². The second-order valence-corrected chi connectivity index (χ2v) is 5.39. The van der Waals surface area contributed by atoms with E-state index in [2.05, 4.69) is 26.2 Å². The van der Waals surface area contributed by atoms with Crippen molar-refractivity contribution in [2.75, 3.05) is 21.3 Å². The number of benzene rings is 1. The molecule has 0 saturated heterocycles. The molecule has 0 spiro atoms. The van der Waals surface area contributed by atoms with Crippen molar-refractivity contribution in [3.8, 4) is 17.2 Å². The molecule has 3 N–H and O–H groups in total. The van der Waals surface area contributed by atoms with Gasteiger partial charge in [0.05, 0.1) is 27.4 Å². The Morgan fingerprint density at radius 3 is 1.95 bits per heavy atom. The molecule has 0 aliphatic carbocycles. The number of hydrogen-bond donors (Lipinski definition) is 2.